The third-order valence-corrected chi connectivity index (χ3v) is 6.24. The summed E-state index contributed by atoms with van der Waals surface area (Å²) in [7, 11) is 0. The number of aliphatic carboxylic acids is 1. The molecule has 0 heterocycles. The molecule has 3 atom stereocenters. The summed E-state index contributed by atoms with van der Waals surface area (Å²) in [4.78, 5) is 22.0. The maximum Gasteiger partial charge on any atom is 0.471 e. The fourth-order valence-corrected chi connectivity index (χ4v) is 4.60. The van der Waals surface area contributed by atoms with Crippen molar-refractivity contribution in [2.45, 2.75) is 70.5 Å². The van der Waals surface area contributed by atoms with Gasteiger partial charge in [-0.3, -0.25) is 9.59 Å². The lowest BCUT2D eigenvalue weighted by Crippen LogP contribution is -2.76. The number of fused-ring (bicyclic) bond motifs is 2. The Morgan fingerprint density at radius 3 is 2.48 bits per heavy atom. The predicted molar refractivity (Wildman–Crippen MR) is 86.8 cm³/mol. The van der Waals surface area contributed by atoms with Gasteiger partial charge < -0.3 is 10.4 Å². The van der Waals surface area contributed by atoms with E-state index in [2.05, 4.69) is 5.32 Å². The predicted octanol–water partition coefficient (Wildman–Crippen LogP) is 4.06. The fourth-order valence-electron chi connectivity index (χ4n) is 4.60. The standard InChI is InChI=1S/C18H26F3NO3/c1-16(2)13-10-9-12(7-5-3-4-6-8-14(23)24)17(16,11-13)22-15(25)18(19,20)21/h3,5,12-13H,4,6-11H2,1-2H3,(H,22,25)(H,23,24)/b5-3+. The molecule has 3 fully saturated rings. The summed E-state index contributed by atoms with van der Waals surface area (Å²) in [5.74, 6) is -2.38. The number of carbonyl (C=O) groups is 2. The molecule has 4 nitrogen and oxygen atoms in total. The SMILES string of the molecule is CC1(C)C2CCC(C/C=C/CCCC(=O)O)C1(NC(=O)C(F)(F)F)C2. The van der Waals surface area contributed by atoms with Crippen molar-refractivity contribution in [1.29, 1.82) is 0 Å². The van der Waals surface area contributed by atoms with Crippen molar-refractivity contribution in [3.63, 3.8) is 0 Å². The topological polar surface area (TPSA) is 66.4 Å². The van der Waals surface area contributed by atoms with Gasteiger partial charge in [-0.2, -0.15) is 13.2 Å². The number of unbranched alkanes of at least 4 members (excludes halogenated alkanes) is 1. The second-order valence-electron chi connectivity index (χ2n) is 7.81. The van der Waals surface area contributed by atoms with E-state index in [9.17, 15) is 22.8 Å². The maximum absolute atomic E-state index is 12.8. The van der Waals surface area contributed by atoms with Crippen LogP contribution in [0.3, 0.4) is 0 Å². The number of amides is 1. The molecular formula is C18H26F3NO3. The molecule has 25 heavy (non-hydrogen) atoms. The van der Waals surface area contributed by atoms with Crippen molar-refractivity contribution in [2.24, 2.45) is 17.3 Å². The molecule has 3 rings (SSSR count). The molecule has 0 saturated heterocycles. The summed E-state index contributed by atoms with van der Waals surface area (Å²) in [6, 6.07) is 0. The Hall–Kier alpha value is -1.53. The number of allylic oxidation sites excluding steroid dienone is 2. The molecular weight excluding hydrogens is 335 g/mol. The van der Waals surface area contributed by atoms with Crippen LogP contribution in [0, 0.1) is 17.3 Å². The van der Waals surface area contributed by atoms with Crippen LogP contribution in [0.2, 0.25) is 0 Å². The Morgan fingerprint density at radius 1 is 1.24 bits per heavy atom. The van der Waals surface area contributed by atoms with Crippen LogP contribution in [0.1, 0.15) is 58.8 Å². The monoisotopic (exact) mass is 361 g/mol. The van der Waals surface area contributed by atoms with Gasteiger partial charge >= 0.3 is 18.1 Å². The molecule has 0 aromatic heterocycles. The first-order valence-electron chi connectivity index (χ1n) is 8.77. The van der Waals surface area contributed by atoms with Crippen molar-refractivity contribution >= 4 is 11.9 Å². The molecule has 1 amide bonds. The number of hydrogen-bond donors (Lipinski definition) is 2. The molecule has 0 spiro atoms. The fraction of sp³-hybridized carbons (Fsp3) is 0.778. The first kappa shape index (κ1) is 19.8. The Balaban J connectivity index is 2.02. The minimum absolute atomic E-state index is 0.0328. The zero-order valence-electron chi connectivity index (χ0n) is 14.7. The van der Waals surface area contributed by atoms with E-state index < -0.39 is 23.6 Å². The normalized spacial score (nSPS) is 30.8. The van der Waals surface area contributed by atoms with Crippen LogP contribution in [0.25, 0.3) is 0 Å². The van der Waals surface area contributed by atoms with Crippen LogP contribution in [-0.4, -0.2) is 28.7 Å². The van der Waals surface area contributed by atoms with Crippen LogP contribution in [-0.2, 0) is 9.59 Å². The van der Waals surface area contributed by atoms with Gasteiger partial charge in [-0.1, -0.05) is 26.0 Å². The molecule has 3 unspecified atom stereocenters. The van der Waals surface area contributed by atoms with Crippen LogP contribution < -0.4 is 5.32 Å². The molecule has 7 heteroatoms. The molecule has 0 aliphatic heterocycles. The Kier molecular flexibility index (Phi) is 5.54. The van der Waals surface area contributed by atoms with E-state index in [1.807, 2.05) is 26.0 Å². The van der Waals surface area contributed by atoms with Crippen LogP contribution >= 0.6 is 0 Å². The Bertz CT molecular complexity index is 556. The van der Waals surface area contributed by atoms with Gasteiger partial charge in [-0.15, -0.1) is 0 Å². The summed E-state index contributed by atoms with van der Waals surface area (Å²) in [5.41, 5.74) is -1.16. The molecule has 0 radical (unpaired) electrons. The molecule has 142 valence electrons. The smallest absolute Gasteiger partial charge is 0.471 e. The highest BCUT2D eigenvalue weighted by atomic mass is 19.4. The van der Waals surface area contributed by atoms with E-state index in [4.69, 9.17) is 5.11 Å². The number of hydrogen-bond acceptors (Lipinski definition) is 2. The molecule has 0 aromatic rings. The number of carboxylic acid groups (broad SMARTS) is 1. The van der Waals surface area contributed by atoms with Crippen molar-refractivity contribution in [1.82, 2.24) is 5.32 Å². The Labute approximate surface area is 145 Å². The van der Waals surface area contributed by atoms with Crippen molar-refractivity contribution in [2.75, 3.05) is 0 Å². The quantitative estimate of drug-likeness (QED) is 0.531. The van der Waals surface area contributed by atoms with E-state index in [1.165, 1.54) is 0 Å². The summed E-state index contributed by atoms with van der Waals surface area (Å²) >= 11 is 0. The lowest BCUT2D eigenvalue weighted by molar-refractivity contribution is -0.195. The van der Waals surface area contributed by atoms with E-state index in [0.717, 1.165) is 12.8 Å². The van der Waals surface area contributed by atoms with Crippen LogP contribution in [0.4, 0.5) is 13.2 Å². The highest BCUT2D eigenvalue weighted by Crippen LogP contribution is 2.64. The zero-order chi connectivity index (χ0) is 18.9. The van der Waals surface area contributed by atoms with E-state index >= 15 is 0 Å². The minimum Gasteiger partial charge on any atom is -0.481 e. The third-order valence-electron chi connectivity index (χ3n) is 6.24. The van der Waals surface area contributed by atoms with Gasteiger partial charge in [0.25, 0.3) is 0 Å². The van der Waals surface area contributed by atoms with Gasteiger partial charge in [0.05, 0.1) is 0 Å². The molecule has 3 saturated carbocycles. The lowest BCUT2D eigenvalue weighted by Gasteiger charge is -2.69. The first-order valence-corrected chi connectivity index (χ1v) is 8.77. The molecule has 3 aliphatic carbocycles. The van der Waals surface area contributed by atoms with Gasteiger partial charge in [0.1, 0.15) is 0 Å². The summed E-state index contributed by atoms with van der Waals surface area (Å²) in [6.07, 6.45) is 3.18. The van der Waals surface area contributed by atoms with E-state index in [-0.39, 0.29) is 17.8 Å². The molecule has 2 N–H and O–H groups in total. The van der Waals surface area contributed by atoms with Gasteiger partial charge in [-0.25, -0.2) is 0 Å². The maximum atomic E-state index is 12.8. The van der Waals surface area contributed by atoms with Crippen molar-refractivity contribution in [3.05, 3.63) is 12.2 Å². The Morgan fingerprint density at radius 2 is 1.92 bits per heavy atom. The second kappa shape index (κ2) is 7.00. The zero-order valence-corrected chi connectivity index (χ0v) is 14.7. The number of alkyl halides is 3. The third kappa shape index (κ3) is 3.85. The minimum atomic E-state index is -4.87. The first-order chi connectivity index (χ1) is 11.5. The number of nitrogens with one attached hydrogen (secondary N) is 1. The van der Waals surface area contributed by atoms with Crippen LogP contribution in [0.5, 0.6) is 0 Å². The van der Waals surface area contributed by atoms with Crippen molar-refractivity contribution in [3.8, 4) is 0 Å². The number of carboxylic acids is 1. The highest BCUT2D eigenvalue weighted by Gasteiger charge is 2.67. The molecule has 0 aromatic carbocycles. The number of halogens is 3. The highest BCUT2D eigenvalue weighted by molar-refractivity contribution is 5.82. The van der Waals surface area contributed by atoms with Gasteiger partial charge in [0.15, 0.2) is 0 Å². The van der Waals surface area contributed by atoms with Gasteiger partial charge in [-0.05, 0) is 55.8 Å². The molecule has 2 bridgehead atoms. The van der Waals surface area contributed by atoms with E-state index in [1.54, 1.807) is 0 Å². The van der Waals surface area contributed by atoms with E-state index in [0.29, 0.717) is 31.6 Å². The average molecular weight is 361 g/mol. The lowest BCUT2D eigenvalue weighted by atomic mass is 9.40. The van der Waals surface area contributed by atoms with Gasteiger partial charge in [0.2, 0.25) is 0 Å². The summed E-state index contributed by atoms with van der Waals surface area (Å²) in [6.45, 7) is 3.89. The largest absolute Gasteiger partial charge is 0.481 e. The molecule has 3 aliphatic rings. The average Bonchev–Trinajstić information content (AvgIpc) is 2.50. The second-order valence-corrected chi connectivity index (χ2v) is 7.81. The van der Waals surface area contributed by atoms with Gasteiger partial charge in [0, 0.05) is 12.0 Å². The van der Waals surface area contributed by atoms with Crippen molar-refractivity contribution < 1.29 is 27.9 Å². The summed E-state index contributed by atoms with van der Waals surface area (Å²) < 4.78 is 38.3. The summed E-state index contributed by atoms with van der Waals surface area (Å²) in [5, 5.41) is 10.9. The number of rotatable bonds is 7. The van der Waals surface area contributed by atoms with Crippen LogP contribution in [0.15, 0.2) is 12.2 Å². The number of carbonyl (C=O) groups excluding carboxylic acids is 1.